The normalized spacial score (nSPS) is 14.3. The number of nitrogens with zero attached hydrogens (tertiary/aromatic N) is 5. The highest BCUT2D eigenvalue weighted by atomic mass is 19.1. The molecule has 2 amide bonds. The van der Waals surface area contributed by atoms with Gasteiger partial charge in [0.25, 0.3) is 11.8 Å². The number of furan rings is 1. The summed E-state index contributed by atoms with van der Waals surface area (Å²) in [4.78, 5) is 29.7. The van der Waals surface area contributed by atoms with Gasteiger partial charge in [0.1, 0.15) is 23.9 Å². The van der Waals surface area contributed by atoms with E-state index in [-0.39, 0.29) is 24.0 Å². The topological polar surface area (TPSA) is 115 Å². The molecule has 11 heteroatoms. The van der Waals surface area contributed by atoms with E-state index in [0.29, 0.717) is 17.1 Å². The number of methoxy groups -OCH3 is 1. The molecule has 1 aliphatic carbocycles. The first-order chi connectivity index (χ1) is 18.5. The van der Waals surface area contributed by atoms with Gasteiger partial charge in [-0.2, -0.15) is 4.80 Å². The van der Waals surface area contributed by atoms with Crippen LogP contribution in [0, 0.1) is 5.82 Å². The van der Waals surface area contributed by atoms with Crippen molar-refractivity contribution in [1.29, 1.82) is 0 Å². The number of hydrogen-bond donors (Lipinski definition) is 1. The number of nitrogens with one attached hydrogen (secondary N) is 1. The number of anilines is 1. The zero-order valence-electron chi connectivity index (χ0n) is 20.8. The van der Waals surface area contributed by atoms with E-state index in [1.807, 2.05) is 0 Å². The first kappa shape index (κ1) is 25.1. The zero-order valence-corrected chi connectivity index (χ0v) is 20.8. The first-order valence-corrected chi connectivity index (χ1v) is 12.4. The Labute approximate surface area is 218 Å². The maximum absolute atomic E-state index is 14.3. The van der Waals surface area contributed by atoms with E-state index >= 15 is 0 Å². The molecule has 1 atom stereocenters. The van der Waals surface area contributed by atoms with Gasteiger partial charge in [0, 0.05) is 17.3 Å². The third-order valence-corrected chi connectivity index (χ3v) is 6.45. The second-order valence-corrected chi connectivity index (χ2v) is 9.02. The molecule has 2 aromatic heterocycles. The molecule has 2 heterocycles. The Balaban J connectivity index is 1.45. The molecule has 5 rings (SSSR count). The lowest BCUT2D eigenvalue weighted by atomic mass is 10.1. The van der Waals surface area contributed by atoms with Crippen molar-refractivity contribution in [1.82, 2.24) is 25.5 Å². The molecule has 1 saturated carbocycles. The standard InChI is InChI=1S/C27H27FN6O4/c1-37-22-13-11-18(12-14-22)26-30-32-33(31-26)17-24(35)34(21-9-4-6-19(28)16-21)25(23-10-5-15-38-23)27(36)29-20-7-2-3-8-20/h4-6,9-16,20,25H,2-3,7-8,17H2,1H3,(H,29,36)/t25-/m1/s1. The van der Waals surface area contributed by atoms with Crippen molar-refractivity contribution in [2.75, 3.05) is 12.0 Å². The summed E-state index contributed by atoms with van der Waals surface area (Å²) >= 11 is 0. The fraction of sp³-hybridized carbons (Fsp3) is 0.296. The number of carbonyl (C=O) groups is 2. The number of hydrogen-bond acceptors (Lipinski definition) is 7. The van der Waals surface area contributed by atoms with Gasteiger partial charge in [-0.05, 0) is 72.7 Å². The third kappa shape index (κ3) is 5.56. The SMILES string of the molecule is COc1ccc(-c2nnn(CC(=O)N(c3cccc(F)c3)[C@@H](C(=O)NC3CCCC3)c3ccco3)n2)cc1. The smallest absolute Gasteiger partial charge is 0.251 e. The van der Waals surface area contributed by atoms with Crippen LogP contribution in [0.5, 0.6) is 5.75 Å². The summed E-state index contributed by atoms with van der Waals surface area (Å²) in [5.74, 6) is -0.243. The quantitative estimate of drug-likeness (QED) is 0.357. The van der Waals surface area contributed by atoms with Crippen LogP contribution in [0.2, 0.25) is 0 Å². The lowest BCUT2D eigenvalue weighted by Crippen LogP contribution is -2.47. The van der Waals surface area contributed by atoms with Crippen LogP contribution in [-0.4, -0.2) is 45.2 Å². The zero-order chi connectivity index (χ0) is 26.5. The summed E-state index contributed by atoms with van der Waals surface area (Å²) in [5, 5.41) is 15.4. The number of amides is 2. The molecular formula is C27H27FN6O4. The Morgan fingerprint density at radius 2 is 1.95 bits per heavy atom. The van der Waals surface area contributed by atoms with Crippen molar-refractivity contribution in [2.45, 2.75) is 44.3 Å². The molecule has 0 unspecified atom stereocenters. The monoisotopic (exact) mass is 518 g/mol. The summed E-state index contributed by atoms with van der Waals surface area (Å²) in [6.07, 6.45) is 5.21. The second-order valence-electron chi connectivity index (χ2n) is 9.02. The van der Waals surface area contributed by atoms with Gasteiger partial charge in [-0.3, -0.25) is 14.5 Å². The Kier molecular flexibility index (Phi) is 7.43. The summed E-state index contributed by atoms with van der Waals surface area (Å²) < 4.78 is 25.0. The number of carbonyl (C=O) groups excluding carboxylic acids is 2. The van der Waals surface area contributed by atoms with Gasteiger partial charge in [-0.15, -0.1) is 10.2 Å². The molecule has 196 valence electrons. The van der Waals surface area contributed by atoms with E-state index in [4.69, 9.17) is 9.15 Å². The van der Waals surface area contributed by atoms with E-state index in [1.165, 1.54) is 29.4 Å². The van der Waals surface area contributed by atoms with Crippen LogP contribution >= 0.6 is 0 Å². The predicted molar refractivity (Wildman–Crippen MR) is 136 cm³/mol. The summed E-state index contributed by atoms with van der Waals surface area (Å²) in [5.41, 5.74) is 0.893. The minimum atomic E-state index is -1.16. The maximum Gasteiger partial charge on any atom is 0.251 e. The van der Waals surface area contributed by atoms with E-state index in [2.05, 4.69) is 20.7 Å². The minimum absolute atomic E-state index is 0.00783. The van der Waals surface area contributed by atoms with E-state index in [1.54, 1.807) is 49.6 Å². The molecule has 10 nitrogen and oxygen atoms in total. The highest BCUT2D eigenvalue weighted by Crippen LogP contribution is 2.30. The Morgan fingerprint density at radius 1 is 1.16 bits per heavy atom. The molecule has 0 bridgehead atoms. The Morgan fingerprint density at radius 3 is 2.63 bits per heavy atom. The van der Waals surface area contributed by atoms with E-state index in [0.717, 1.165) is 30.5 Å². The van der Waals surface area contributed by atoms with Crippen LogP contribution in [0.25, 0.3) is 11.4 Å². The van der Waals surface area contributed by atoms with Gasteiger partial charge in [0.05, 0.1) is 13.4 Å². The van der Waals surface area contributed by atoms with Crippen molar-refractivity contribution in [3.63, 3.8) is 0 Å². The second kappa shape index (κ2) is 11.2. The van der Waals surface area contributed by atoms with Crippen molar-refractivity contribution in [2.24, 2.45) is 0 Å². The lowest BCUT2D eigenvalue weighted by molar-refractivity contribution is -0.128. The van der Waals surface area contributed by atoms with Crippen LogP contribution in [0.4, 0.5) is 10.1 Å². The third-order valence-electron chi connectivity index (χ3n) is 6.45. The lowest BCUT2D eigenvalue weighted by Gasteiger charge is -2.30. The Hall–Kier alpha value is -4.54. The number of aromatic nitrogens is 4. The van der Waals surface area contributed by atoms with Gasteiger partial charge in [-0.1, -0.05) is 18.9 Å². The number of rotatable bonds is 9. The van der Waals surface area contributed by atoms with Crippen molar-refractivity contribution < 1.29 is 23.1 Å². The molecule has 0 radical (unpaired) electrons. The van der Waals surface area contributed by atoms with Crippen LogP contribution in [0.1, 0.15) is 37.5 Å². The van der Waals surface area contributed by atoms with E-state index < -0.39 is 23.7 Å². The number of benzene rings is 2. The largest absolute Gasteiger partial charge is 0.497 e. The van der Waals surface area contributed by atoms with Crippen molar-refractivity contribution in [3.05, 3.63) is 78.5 Å². The van der Waals surface area contributed by atoms with Crippen LogP contribution in [0.3, 0.4) is 0 Å². The van der Waals surface area contributed by atoms with Gasteiger partial charge in [0.2, 0.25) is 5.82 Å². The highest BCUT2D eigenvalue weighted by molar-refractivity contribution is 6.01. The maximum atomic E-state index is 14.3. The van der Waals surface area contributed by atoms with Crippen LogP contribution in [0.15, 0.2) is 71.3 Å². The van der Waals surface area contributed by atoms with Gasteiger partial charge in [-0.25, -0.2) is 4.39 Å². The van der Waals surface area contributed by atoms with Crippen molar-refractivity contribution in [3.8, 4) is 17.1 Å². The van der Waals surface area contributed by atoms with E-state index in [9.17, 15) is 14.0 Å². The molecule has 38 heavy (non-hydrogen) atoms. The number of halogens is 1. The number of tetrazole rings is 1. The Bertz CT molecular complexity index is 1380. The molecule has 1 fully saturated rings. The molecule has 1 N–H and O–H groups in total. The van der Waals surface area contributed by atoms with Gasteiger partial charge in [0.15, 0.2) is 6.04 Å². The molecule has 4 aromatic rings. The highest BCUT2D eigenvalue weighted by Gasteiger charge is 2.36. The fourth-order valence-electron chi connectivity index (χ4n) is 4.60. The molecule has 0 aliphatic heterocycles. The average Bonchev–Trinajstić information content (AvgIpc) is 3.71. The van der Waals surface area contributed by atoms with Gasteiger partial charge >= 0.3 is 0 Å². The van der Waals surface area contributed by atoms with Crippen LogP contribution in [-0.2, 0) is 16.1 Å². The molecule has 1 aliphatic rings. The predicted octanol–water partition coefficient (Wildman–Crippen LogP) is 3.91. The van der Waals surface area contributed by atoms with Crippen LogP contribution < -0.4 is 15.0 Å². The molecule has 0 saturated heterocycles. The molecule has 2 aromatic carbocycles. The molecular weight excluding hydrogens is 491 g/mol. The summed E-state index contributed by atoms with van der Waals surface area (Å²) in [6, 6.07) is 14.7. The summed E-state index contributed by atoms with van der Waals surface area (Å²) in [7, 11) is 1.57. The minimum Gasteiger partial charge on any atom is -0.497 e. The first-order valence-electron chi connectivity index (χ1n) is 12.4. The van der Waals surface area contributed by atoms with Crippen molar-refractivity contribution >= 4 is 17.5 Å². The molecule has 0 spiro atoms. The fourth-order valence-corrected chi connectivity index (χ4v) is 4.60. The van der Waals surface area contributed by atoms with Gasteiger partial charge < -0.3 is 14.5 Å². The average molecular weight is 519 g/mol. The summed E-state index contributed by atoms with van der Waals surface area (Å²) in [6.45, 7) is -0.340. The number of ether oxygens (including phenoxy) is 1.